The number of benzene rings is 2. The van der Waals surface area contributed by atoms with Crippen LogP contribution in [0.15, 0.2) is 53.4 Å². The Kier molecular flexibility index (Phi) is 5.39. The first-order valence-electron chi connectivity index (χ1n) is 8.52. The van der Waals surface area contributed by atoms with Gasteiger partial charge in [0.25, 0.3) is 10.0 Å². The van der Waals surface area contributed by atoms with Gasteiger partial charge in [0.2, 0.25) is 0 Å². The van der Waals surface area contributed by atoms with Crippen LogP contribution in [0.5, 0.6) is 0 Å². The molecule has 0 aromatic heterocycles. The number of likely N-dealkylation sites (tertiary alicyclic amines) is 1. The van der Waals surface area contributed by atoms with Crippen LogP contribution >= 0.6 is 0 Å². The van der Waals surface area contributed by atoms with Crippen molar-refractivity contribution in [1.82, 2.24) is 4.90 Å². The minimum atomic E-state index is -3.70. The molecule has 1 saturated heterocycles. The van der Waals surface area contributed by atoms with Crippen molar-refractivity contribution in [2.75, 3.05) is 17.8 Å². The lowest BCUT2D eigenvalue weighted by Crippen LogP contribution is -2.32. The summed E-state index contributed by atoms with van der Waals surface area (Å²) in [7, 11) is -3.70. The van der Waals surface area contributed by atoms with E-state index in [1.54, 1.807) is 12.1 Å². The van der Waals surface area contributed by atoms with Crippen LogP contribution < -0.4 is 4.72 Å². The molecule has 0 unspecified atom stereocenters. The highest BCUT2D eigenvalue weighted by Gasteiger charge is 2.16. The molecule has 1 heterocycles. The van der Waals surface area contributed by atoms with Crippen molar-refractivity contribution in [3.8, 4) is 0 Å². The van der Waals surface area contributed by atoms with E-state index in [9.17, 15) is 12.8 Å². The van der Waals surface area contributed by atoms with E-state index in [4.69, 9.17) is 0 Å². The fourth-order valence-corrected chi connectivity index (χ4v) is 4.04. The highest BCUT2D eigenvalue weighted by molar-refractivity contribution is 7.92. The van der Waals surface area contributed by atoms with Gasteiger partial charge in [-0.25, -0.2) is 12.8 Å². The van der Waals surface area contributed by atoms with Gasteiger partial charge < -0.3 is 0 Å². The Morgan fingerprint density at radius 2 is 1.64 bits per heavy atom. The van der Waals surface area contributed by atoms with Gasteiger partial charge in [-0.1, -0.05) is 19.1 Å². The van der Waals surface area contributed by atoms with E-state index in [0.29, 0.717) is 5.69 Å². The molecule has 134 valence electrons. The van der Waals surface area contributed by atoms with E-state index in [2.05, 4.69) is 16.5 Å². The van der Waals surface area contributed by atoms with Crippen molar-refractivity contribution in [3.05, 3.63) is 59.9 Å². The molecule has 0 amide bonds. The Hall–Kier alpha value is -1.92. The average molecular weight is 362 g/mol. The molecule has 0 aliphatic carbocycles. The van der Waals surface area contributed by atoms with Gasteiger partial charge in [0.15, 0.2) is 0 Å². The fourth-order valence-electron chi connectivity index (χ4n) is 2.98. The molecule has 3 rings (SSSR count). The first-order valence-corrected chi connectivity index (χ1v) is 10.0. The van der Waals surface area contributed by atoms with Crippen molar-refractivity contribution in [2.45, 2.75) is 31.2 Å². The lowest BCUT2D eigenvalue weighted by atomic mass is 9.99. The van der Waals surface area contributed by atoms with Gasteiger partial charge in [0.05, 0.1) is 4.90 Å². The Bertz CT molecular complexity index is 796. The average Bonchev–Trinajstić information content (AvgIpc) is 2.59. The second kappa shape index (κ2) is 7.54. The second-order valence-corrected chi connectivity index (χ2v) is 8.40. The fraction of sp³-hybridized carbons (Fsp3) is 0.368. The van der Waals surface area contributed by atoms with Crippen LogP contribution in [0, 0.1) is 11.7 Å². The second-order valence-electron chi connectivity index (χ2n) is 6.72. The summed E-state index contributed by atoms with van der Waals surface area (Å²) >= 11 is 0. The smallest absolute Gasteiger partial charge is 0.261 e. The molecule has 0 bridgehead atoms. The summed E-state index contributed by atoms with van der Waals surface area (Å²) < 4.78 is 40.1. The van der Waals surface area contributed by atoms with E-state index in [-0.39, 0.29) is 4.90 Å². The maximum absolute atomic E-state index is 12.9. The number of hydrogen-bond donors (Lipinski definition) is 1. The summed E-state index contributed by atoms with van der Waals surface area (Å²) in [5.74, 6) is 0.343. The summed E-state index contributed by atoms with van der Waals surface area (Å²) in [5, 5.41) is 0. The van der Waals surface area contributed by atoms with Crippen LogP contribution in [0.25, 0.3) is 0 Å². The zero-order chi connectivity index (χ0) is 17.9. The van der Waals surface area contributed by atoms with Crippen molar-refractivity contribution < 1.29 is 12.8 Å². The van der Waals surface area contributed by atoms with Gasteiger partial charge in [0, 0.05) is 12.2 Å². The SMILES string of the molecule is CC1CCN(Cc2ccc(NS(=O)(=O)c3ccc(F)cc3)cc2)CC1. The number of nitrogens with one attached hydrogen (secondary N) is 1. The Balaban J connectivity index is 1.63. The molecule has 1 aliphatic heterocycles. The summed E-state index contributed by atoms with van der Waals surface area (Å²) in [4.78, 5) is 2.47. The van der Waals surface area contributed by atoms with Crippen molar-refractivity contribution >= 4 is 15.7 Å². The number of hydrogen-bond acceptors (Lipinski definition) is 3. The molecular formula is C19H23FN2O2S. The molecule has 1 fully saturated rings. The first kappa shape index (κ1) is 17.9. The number of piperidine rings is 1. The quantitative estimate of drug-likeness (QED) is 0.879. The van der Waals surface area contributed by atoms with Crippen LogP contribution in [0.2, 0.25) is 0 Å². The minimum Gasteiger partial charge on any atom is -0.299 e. The predicted octanol–water partition coefficient (Wildman–Crippen LogP) is 3.86. The van der Waals surface area contributed by atoms with Crippen LogP contribution in [0.4, 0.5) is 10.1 Å². The molecule has 0 saturated carbocycles. The van der Waals surface area contributed by atoms with Crippen LogP contribution in [0.3, 0.4) is 0 Å². The molecule has 6 heteroatoms. The van der Waals surface area contributed by atoms with E-state index >= 15 is 0 Å². The molecule has 2 aromatic carbocycles. The Morgan fingerprint density at radius 1 is 1.04 bits per heavy atom. The predicted molar refractivity (Wildman–Crippen MR) is 97.3 cm³/mol. The lowest BCUT2D eigenvalue weighted by molar-refractivity contribution is 0.185. The van der Waals surface area contributed by atoms with E-state index in [0.717, 1.165) is 37.7 Å². The summed E-state index contributed by atoms with van der Waals surface area (Å²) in [6.45, 7) is 5.40. The van der Waals surface area contributed by atoms with Crippen molar-refractivity contribution in [3.63, 3.8) is 0 Å². The number of rotatable bonds is 5. The summed E-state index contributed by atoms with van der Waals surface area (Å²) in [6.07, 6.45) is 2.46. The first-order chi connectivity index (χ1) is 11.9. The van der Waals surface area contributed by atoms with Gasteiger partial charge >= 0.3 is 0 Å². The molecule has 4 nitrogen and oxygen atoms in total. The molecule has 0 radical (unpaired) electrons. The third-order valence-electron chi connectivity index (χ3n) is 4.61. The van der Waals surface area contributed by atoms with Crippen molar-refractivity contribution in [1.29, 1.82) is 0 Å². The van der Waals surface area contributed by atoms with Gasteiger partial charge in [-0.2, -0.15) is 0 Å². The third-order valence-corrected chi connectivity index (χ3v) is 6.01. The minimum absolute atomic E-state index is 0.0420. The van der Waals surface area contributed by atoms with Crippen LogP contribution in [0.1, 0.15) is 25.3 Å². The summed E-state index contributed by atoms with van der Waals surface area (Å²) in [5.41, 5.74) is 1.67. The normalized spacial score (nSPS) is 16.7. The highest BCUT2D eigenvalue weighted by Crippen LogP contribution is 2.20. The molecule has 0 atom stereocenters. The molecular weight excluding hydrogens is 339 g/mol. The molecule has 1 N–H and O–H groups in total. The molecule has 0 spiro atoms. The largest absolute Gasteiger partial charge is 0.299 e. The van der Waals surface area contributed by atoms with Gasteiger partial charge in [-0.15, -0.1) is 0 Å². The molecule has 2 aromatic rings. The highest BCUT2D eigenvalue weighted by atomic mass is 32.2. The maximum Gasteiger partial charge on any atom is 0.261 e. The zero-order valence-corrected chi connectivity index (χ0v) is 15.1. The summed E-state index contributed by atoms with van der Waals surface area (Å²) in [6, 6.07) is 12.2. The number of anilines is 1. The zero-order valence-electron chi connectivity index (χ0n) is 14.3. The van der Waals surface area contributed by atoms with Gasteiger partial charge in [-0.3, -0.25) is 9.62 Å². The monoisotopic (exact) mass is 362 g/mol. The molecule has 1 aliphatic rings. The van der Waals surface area contributed by atoms with E-state index in [1.165, 1.54) is 30.5 Å². The lowest BCUT2D eigenvalue weighted by Gasteiger charge is -2.30. The Morgan fingerprint density at radius 3 is 2.24 bits per heavy atom. The topological polar surface area (TPSA) is 49.4 Å². The van der Waals surface area contributed by atoms with Crippen LogP contribution in [-0.4, -0.2) is 26.4 Å². The van der Waals surface area contributed by atoms with Crippen molar-refractivity contribution in [2.24, 2.45) is 5.92 Å². The standard InChI is InChI=1S/C19H23FN2O2S/c1-15-10-12-22(13-11-15)14-16-2-6-18(7-3-16)21-25(23,24)19-8-4-17(20)5-9-19/h2-9,15,21H,10-14H2,1H3. The number of sulfonamides is 1. The van der Waals surface area contributed by atoms with Gasteiger partial charge in [0.1, 0.15) is 5.82 Å². The Labute approximate surface area is 148 Å². The number of nitrogens with zero attached hydrogens (tertiary/aromatic N) is 1. The van der Waals surface area contributed by atoms with E-state index in [1.807, 2.05) is 12.1 Å². The van der Waals surface area contributed by atoms with E-state index < -0.39 is 15.8 Å². The number of halogens is 1. The van der Waals surface area contributed by atoms with Gasteiger partial charge in [-0.05, 0) is 73.8 Å². The third kappa shape index (κ3) is 4.80. The van der Waals surface area contributed by atoms with Crippen LogP contribution in [-0.2, 0) is 16.6 Å². The maximum atomic E-state index is 12.9. The molecule has 25 heavy (non-hydrogen) atoms.